The molecule has 0 unspecified atom stereocenters. The minimum atomic E-state index is -0.750. The zero-order chi connectivity index (χ0) is 81.9. The quantitative estimate of drug-likeness (QED) is 0.131. The summed E-state index contributed by atoms with van der Waals surface area (Å²) in [4.78, 5) is 2.43. The molecule has 6 aliphatic rings. The van der Waals surface area contributed by atoms with Gasteiger partial charge in [0.15, 0.2) is 0 Å². The van der Waals surface area contributed by atoms with Crippen molar-refractivity contribution in [2.45, 2.75) is 50.0 Å². The molecule has 584 valence electrons. The molecule has 1 N–H and O–H groups in total. The van der Waals surface area contributed by atoms with Crippen molar-refractivity contribution in [3.8, 4) is 55.9 Å². The van der Waals surface area contributed by atoms with E-state index in [1.54, 1.807) is 20.8 Å². The number of hydrogen-bond acceptors (Lipinski definition) is 3. The molecule has 18 aromatic carbocycles. The number of halogens is 1. The van der Waals surface area contributed by atoms with E-state index >= 15 is 0 Å². The summed E-state index contributed by atoms with van der Waals surface area (Å²) >= 11 is 3.64. The summed E-state index contributed by atoms with van der Waals surface area (Å²) in [7, 11) is 0. The first kappa shape index (κ1) is 78.2. The molecule has 0 radical (unpaired) electrons. The van der Waals surface area contributed by atoms with Gasteiger partial charge < -0.3 is 24.5 Å². The SMILES string of the molecule is Brc1ccc2c(c1)C1c3ccccc3C2c2ccccc21.CC(C)(C)[O-].[Na+].c1ccc(-c2ccc(N(c3ccc(-c4ccc5c(c4)c4ccccc4n5-c4ccccc4)cc3)c3ccc4c(c3)C3c5ccccc5C4c4ccccc43)cc2)cc1.c1ccc(-c2ccc(Nc3ccc(-c4ccc5c(c4)c4ccccc4n5-c4ccccc4)cc3)cc2)cc1. The van der Waals surface area contributed by atoms with Crippen molar-refractivity contribution in [3.05, 3.63) is 508 Å². The van der Waals surface area contributed by atoms with Crippen LogP contribution >= 0.6 is 15.9 Å². The molecule has 20 aromatic rings. The summed E-state index contributed by atoms with van der Waals surface area (Å²) in [5.41, 5.74) is 39.2. The van der Waals surface area contributed by atoms with E-state index in [0.29, 0.717) is 11.8 Å². The molecular weight excluding hydrogens is 1570 g/mol. The molecule has 0 saturated heterocycles. The van der Waals surface area contributed by atoms with Crippen molar-refractivity contribution in [1.82, 2.24) is 9.13 Å². The van der Waals surface area contributed by atoms with Gasteiger partial charge in [-0.2, -0.15) is 0 Å². The number of nitrogens with zero attached hydrogens (tertiary/aromatic N) is 3. The third-order valence-electron chi connectivity index (χ3n) is 24.7. The topological polar surface area (TPSA) is 48.2 Å². The summed E-state index contributed by atoms with van der Waals surface area (Å²) in [6.45, 7) is 4.90. The molecule has 6 aliphatic carbocycles. The van der Waals surface area contributed by atoms with Crippen molar-refractivity contribution >= 4 is 88.0 Å². The van der Waals surface area contributed by atoms with Crippen molar-refractivity contribution in [2.24, 2.45) is 0 Å². The largest absolute Gasteiger partial charge is 1.00 e. The third-order valence-corrected chi connectivity index (χ3v) is 25.2. The van der Waals surface area contributed by atoms with E-state index in [4.69, 9.17) is 0 Å². The summed E-state index contributed by atoms with van der Waals surface area (Å²) in [6.07, 6.45) is 0. The van der Waals surface area contributed by atoms with Crippen molar-refractivity contribution in [3.63, 3.8) is 0 Å². The number of anilines is 5. The summed E-state index contributed by atoms with van der Waals surface area (Å²) in [5, 5.41) is 18.7. The number of hydrogen-bond donors (Lipinski definition) is 1. The van der Waals surface area contributed by atoms with Gasteiger partial charge in [-0.05, 0) is 245 Å². The van der Waals surface area contributed by atoms with E-state index in [0.717, 1.165) is 28.4 Å². The van der Waals surface area contributed by atoms with E-state index in [2.05, 4.69) is 466 Å². The van der Waals surface area contributed by atoms with E-state index in [1.165, 1.54) is 171 Å². The van der Waals surface area contributed by atoms with Crippen LogP contribution in [-0.2, 0) is 0 Å². The average molecular weight is 1650 g/mol. The van der Waals surface area contributed by atoms with Gasteiger partial charge in [-0.1, -0.05) is 340 Å². The molecule has 123 heavy (non-hydrogen) atoms. The maximum absolute atomic E-state index is 10.1. The molecular formula is C116H86BrN4NaO. The molecule has 2 heterocycles. The van der Waals surface area contributed by atoms with Crippen LogP contribution in [0.15, 0.2) is 441 Å². The molecule has 4 bridgehead atoms. The van der Waals surface area contributed by atoms with Gasteiger partial charge in [0.05, 0.1) is 22.1 Å². The Hall–Kier alpha value is -13.4. The zero-order valence-electron chi connectivity index (χ0n) is 69.0. The molecule has 7 heteroatoms. The Kier molecular flexibility index (Phi) is 21.1. The van der Waals surface area contributed by atoms with Crippen molar-refractivity contribution in [1.29, 1.82) is 0 Å². The molecule has 0 spiro atoms. The van der Waals surface area contributed by atoms with Crippen LogP contribution in [0.25, 0.3) is 99.5 Å². The molecule has 2 aromatic heterocycles. The monoisotopic (exact) mass is 1650 g/mol. The fourth-order valence-electron chi connectivity index (χ4n) is 19.4. The third kappa shape index (κ3) is 14.8. The second kappa shape index (κ2) is 33.2. The Morgan fingerprint density at radius 3 is 0.878 bits per heavy atom. The normalized spacial score (nSPS) is 14.5. The predicted molar refractivity (Wildman–Crippen MR) is 511 cm³/mol. The minimum absolute atomic E-state index is 0. The summed E-state index contributed by atoms with van der Waals surface area (Å²) in [6, 6.07) is 159. The summed E-state index contributed by atoms with van der Waals surface area (Å²) in [5.74, 6) is 1.23. The van der Waals surface area contributed by atoms with E-state index in [-0.39, 0.29) is 41.4 Å². The zero-order valence-corrected chi connectivity index (χ0v) is 72.6. The van der Waals surface area contributed by atoms with Crippen LogP contribution in [0.3, 0.4) is 0 Å². The van der Waals surface area contributed by atoms with Gasteiger partial charge in [-0.3, -0.25) is 0 Å². The maximum atomic E-state index is 10.1. The molecule has 0 saturated carbocycles. The Morgan fingerprint density at radius 1 is 0.244 bits per heavy atom. The smallest absolute Gasteiger partial charge is 0.850 e. The van der Waals surface area contributed by atoms with Gasteiger partial charge in [0.1, 0.15) is 0 Å². The number of nitrogens with one attached hydrogen (secondary N) is 1. The number of aromatic nitrogens is 2. The Bertz CT molecular complexity index is 7180. The second-order valence-electron chi connectivity index (χ2n) is 33.2. The van der Waals surface area contributed by atoms with E-state index < -0.39 is 5.60 Å². The van der Waals surface area contributed by atoms with Gasteiger partial charge in [0, 0.05) is 89.5 Å². The first-order chi connectivity index (χ1) is 60.0. The van der Waals surface area contributed by atoms with Gasteiger partial charge in [-0.15, -0.1) is 5.60 Å². The maximum Gasteiger partial charge on any atom is 1.00 e. The Labute approximate surface area is 749 Å². The van der Waals surface area contributed by atoms with E-state index in [1.807, 2.05) is 6.07 Å². The number of benzene rings is 18. The number of fused-ring (bicyclic) bond motifs is 6. The van der Waals surface area contributed by atoms with Crippen LogP contribution in [0.2, 0.25) is 0 Å². The standard InChI is InChI=1S/C56H38N2.C36H26N2.C20H13Br.C4H9O.Na/c1-3-13-37(14-4-1)38-23-28-42(29-24-38)57(44-32-33-50-52(36-44)56-48-20-9-7-18-46(48)55(50)47-19-8-10-21-49(47)56)43-30-25-39(26-31-43)40-27-34-54-51(35-40)45-17-11-12-22-53(45)58(54)41-15-5-2-6-16-41;1-3-9-26(10-4-1)27-15-20-30(21-16-27)37-31-22-17-28(18-23-31)29-19-24-36-34(25-29)33-13-7-8-14-35(33)38(36)32-11-5-2-6-12-32;21-12-9-10-17-18(11-12)20-15-7-3-1-5-13(15)19(17)14-6-2-4-8-16(14)20;1-4(2,3)5;/h1-36,55-56H;1-25,37H;1-11,19-20H;1-3H3;/q;;;-1;+1. The van der Waals surface area contributed by atoms with Crippen LogP contribution in [-0.4, -0.2) is 14.7 Å². The van der Waals surface area contributed by atoms with Gasteiger partial charge in [0.25, 0.3) is 0 Å². The Morgan fingerprint density at radius 2 is 0.504 bits per heavy atom. The molecule has 26 rings (SSSR count). The van der Waals surface area contributed by atoms with Gasteiger partial charge in [-0.25, -0.2) is 0 Å². The second-order valence-corrected chi connectivity index (χ2v) is 34.1. The summed E-state index contributed by atoms with van der Waals surface area (Å²) < 4.78 is 5.90. The van der Waals surface area contributed by atoms with Crippen LogP contribution in [0.5, 0.6) is 0 Å². The Balaban J connectivity index is 0.000000126. The molecule has 0 amide bonds. The van der Waals surface area contributed by atoms with Crippen LogP contribution < -0.4 is 44.9 Å². The molecule has 0 fully saturated rings. The fourth-order valence-corrected chi connectivity index (χ4v) is 19.8. The van der Waals surface area contributed by atoms with Gasteiger partial charge >= 0.3 is 29.6 Å². The van der Waals surface area contributed by atoms with Crippen LogP contribution in [0.4, 0.5) is 28.4 Å². The first-order valence-electron chi connectivity index (χ1n) is 42.2. The molecule has 5 nitrogen and oxygen atoms in total. The minimum Gasteiger partial charge on any atom is -0.850 e. The average Bonchev–Trinajstić information content (AvgIpc) is 1.60. The first-order valence-corrected chi connectivity index (χ1v) is 43.0. The van der Waals surface area contributed by atoms with Crippen molar-refractivity contribution < 1.29 is 34.7 Å². The van der Waals surface area contributed by atoms with Crippen LogP contribution in [0, 0.1) is 0 Å². The predicted octanol–water partition coefficient (Wildman–Crippen LogP) is 27.0. The molecule has 0 atom stereocenters. The van der Waals surface area contributed by atoms with E-state index in [9.17, 15) is 5.11 Å². The molecule has 0 aliphatic heterocycles. The number of rotatable bonds is 11. The fraction of sp³-hybridized carbons (Fsp3) is 0.0690. The van der Waals surface area contributed by atoms with Crippen molar-refractivity contribution in [2.75, 3.05) is 10.2 Å². The number of para-hydroxylation sites is 4. The van der Waals surface area contributed by atoms with Crippen LogP contribution in [0.1, 0.15) is 111 Å². The van der Waals surface area contributed by atoms with Gasteiger partial charge in [0.2, 0.25) is 0 Å².